The lowest BCUT2D eigenvalue weighted by molar-refractivity contribution is 0.0507. The van der Waals surface area contributed by atoms with Gasteiger partial charge in [-0.15, -0.1) is 5.10 Å². The second-order valence-corrected chi connectivity index (χ2v) is 10.9. The molecule has 0 spiro atoms. The number of nitrogens with zero attached hydrogens (tertiary/aromatic N) is 3. The van der Waals surface area contributed by atoms with Crippen molar-refractivity contribution in [3.05, 3.63) is 65.4 Å². The molecule has 0 N–H and O–H groups in total. The van der Waals surface area contributed by atoms with Crippen molar-refractivity contribution in [2.45, 2.75) is 83.3 Å². The summed E-state index contributed by atoms with van der Waals surface area (Å²) >= 11 is 0. The first-order chi connectivity index (χ1) is 19.6. The lowest BCUT2D eigenvalue weighted by Gasteiger charge is -2.29. The summed E-state index contributed by atoms with van der Waals surface area (Å²) < 4.78 is 24.7. The molecule has 2 fully saturated rings. The summed E-state index contributed by atoms with van der Waals surface area (Å²) in [5.41, 5.74) is 2.48. The third-order valence-electron chi connectivity index (χ3n) is 8.16. The summed E-state index contributed by atoms with van der Waals surface area (Å²) in [7, 11) is 1.64. The summed E-state index contributed by atoms with van der Waals surface area (Å²) in [6.07, 6.45) is 10.4. The van der Waals surface area contributed by atoms with E-state index in [1.54, 1.807) is 18.7 Å². The van der Waals surface area contributed by atoms with Crippen LogP contribution in [0.5, 0.6) is 17.4 Å². The van der Waals surface area contributed by atoms with Crippen molar-refractivity contribution < 1.29 is 23.7 Å². The zero-order chi connectivity index (χ0) is 27.7. The first-order valence-corrected chi connectivity index (χ1v) is 14.8. The first-order valence-electron chi connectivity index (χ1n) is 14.8. The number of carbonyl (C=O) groups excluding carboxylic acids is 1. The molecular formula is C32H41N3O5. The van der Waals surface area contributed by atoms with E-state index in [0.29, 0.717) is 24.3 Å². The molecule has 0 bridgehead atoms. The van der Waals surface area contributed by atoms with Crippen molar-refractivity contribution in [2.24, 2.45) is 5.92 Å². The molecule has 5 rings (SSSR count). The third kappa shape index (κ3) is 7.14. The fraction of sp³-hybridized carbons (Fsp3) is 0.531. The van der Waals surface area contributed by atoms with Crippen LogP contribution in [0.2, 0.25) is 0 Å². The maximum atomic E-state index is 12.6. The molecule has 0 aliphatic heterocycles. The highest BCUT2D eigenvalue weighted by Gasteiger charge is 2.29. The molecule has 2 aromatic carbocycles. The smallest absolute Gasteiger partial charge is 0.364 e. The zero-order valence-corrected chi connectivity index (χ0v) is 23.7. The zero-order valence-electron chi connectivity index (χ0n) is 23.7. The molecule has 2 saturated carbocycles. The summed E-state index contributed by atoms with van der Waals surface area (Å²) in [5.74, 6) is 2.80. The highest BCUT2D eigenvalue weighted by atomic mass is 16.5. The van der Waals surface area contributed by atoms with Crippen LogP contribution in [0.15, 0.2) is 48.5 Å². The van der Waals surface area contributed by atoms with E-state index in [-0.39, 0.29) is 18.4 Å². The molecule has 0 radical (unpaired) electrons. The third-order valence-corrected chi connectivity index (χ3v) is 8.16. The number of hydrogen-bond acceptors (Lipinski definition) is 7. The van der Waals surface area contributed by atoms with E-state index in [1.807, 2.05) is 24.3 Å². The Hall–Kier alpha value is -3.55. The Labute approximate surface area is 237 Å². The van der Waals surface area contributed by atoms with E-state index in [2.05, 4.69) is 34.6 Å². The molecule has 0 saturated heterocycles. The average Bonchev–Trinajstić information content (AvgIpc) is 3.39. The van der Waals surface area contributed by atoms with Gasteiger partial charge in [-0.25, -0.2) is 9.48 Å². The minimum atomic E-state index is -0.516. The first kappa shape index (κ1) is 28.0. The quantitative estimate of drug-likeness (QED) is 0.251. The molecule has 3 aromatic rings. The predicted molar refractivity (Wildman–Crippen MR) is 152 cm³/mol. The molecular weight excluding hydrogens is 506 g/mol. The van der Waals surface area contributed by atoms with Crippen LogP contribution in [0, 0.1) is 5.92 Å². The van der Waals surface area contributed by atoms with Crippen molar-refractivity contribution in [1.82, 2.24) is 15.0 Å². The van der Waals surface area contributed by atoms with Gasteiger partial charge in [-0.3, -0.25) is 0 Å². The summed E-state index contributed by atoms with van der Waals surface area (Å²) in [5, 5.41) is 8.36. The number of ether oxygens (including phenoxy) is 4. The molecule has 0 unspecified atom stereocenters. The van der Waals surface area contributed by atoms with Crippen LogP contribution in [0.3, 0.4) is 0 Å². The predicted octanol–water partition coefficient (Wildman–Crippen LogP) is 6.58. The van der Waals surface area contributed by atoms with E-state index in [0.717, 1.165) is 49.4 Å². The summed E-state index contributed by atoms with van der Waals surface area (Å²) in [6, 6.07) is 16.4. The Bertz CT molecular complexity index is 1210. The lowest BCUT2D eigenvalue weighted by Crippen LogP contribution is -2.25. The van der Waals surface area contributed by atoms with Gasteiger partial charge in [0.2, 0.25) is 11.6 Å². The van der Waals surface area contributed by atoms with Crippen molar-refractivity contribution in [1.29, 1.82) is 0 Å². The molecule has 8 nitrogen and oxygen atoms in total. The van der Waals surface area contributed by atoms with Gasteiger partial charge in [0, 0.05) is 0 Å². The Kier molecular flexibility index (Phi) is 9.58. The van der Waals surface area contributed by atoms with Gasteiger partial charge in [0.25, 0.3) is 0 Å². The molecule has 1 heterocycles. The molecule has 0 atom stereocenters. The standard InChI is InChI=1S/C32H41N3O5/c1-3-38-32(36)30-31(35(34-33-30)21-23-9-15-27(37-2)16-10-23)40-29-19-13-26(14-20-29)25-11-17-28(18-12-25)39-22-24-7-5-4-6-8-24/h9-12,15-18,24,26,29H,3-8,13-14,19-22H2,1-2H3. The topological polar surface area (TPSA) is 84.7 Å². The number of methoxy groups -OCH3 is 1. The van der Waals surface area contributed by atoms with E-state index in [9.17, 15) is 4.79 Å². The van der Waals surface area contributed by atoms with Crippen molar-refractivity contribution in [3.63, 3.8) is 0 Å². The van der Waals surface area contributed by atoms with E-state index in [4.69, 9.17) is 18.9 Å². The Balaban J connectivity index is 1.18. The monoisotopic (exact) mass is 547 g/mol. The Morgan fingerprint density at radius 3 is 2.27 bits per heavy atom. The normalized spacial score (nSPS) is 19.6. The van der Waals surface area contributed by atoms with Crippen LogP contribution in [-0.4, -0.2) is 47.4 Å². The fourth-order valence-corrected chi connectivity index (χ4v) is 5.83. The highest BCUT2D eigenvalue weighted by molar-refractivity contribution is 5.89. The Morgan fingerprint density at radius 1 is 0.900 bits per heavy atom. The molecule has 214 valence electrons. The van der Waals surface area contributed by atoms with Gasteiger partial charge in [0.15, 0.2) is 0 Å². The number of aromatic nitrogens is 3. The SMILES string of the molecule is CCOC(=O)c1nnn(Cc2ccc(OC)cc2)c1OC1CCC(c2ccc(OCC3CCCCC3)cc2)CC1. The minimum absolute atomic E-state index is 0.0179. The van der Waals surface area contributed by atoms with Crippen LogP contribution < -0.4 is 14.2 Å². The second kappa shape index (κ2) is 13.7. The highest BCUT2D eigenvalue weighted by Crippen LogP contribution is 2.36. The molecule has 2 aliphatic rings. The minimum Gasteiger partial charge on any atom is -0.497 e. The molecule has 0 amide bonds. The van der Waals surface area contributed by atoms with E-state index >= 15 is 0 Å². The van der Waals surface area contributed by atoms with Gasteiger partial charge >= 0.3 is 5.97 Å². The summed E-state index contributed by atoms with van der Waals surface area (Å²) in [6.45, 7) is 3.30. The molecule has 1 aromatic heterocycles. The van der Waals surface area contributed by atoms with Crippen LogP contribution in [0.1, 0.15) is 92.2 Å². The Morgan fingerprint density at radius 2 is 1.60 bits per heavy atom. The van der Waals surface area contributed by atoms with Crippen LogP contribution >= 0.6 is 0 Å². The van der Waals surface area contributed by atoms with Crippen LogP contribution in [-0.2, 0) is 11.3 Å². The average molecular weight is 548 g/mol. The number of rotatable bonds is 11. The van der Waals surface area contributed by atoms with Gasteiger partial charge in [0.05, 0.1) is 26.9 Å². The van der Waals surface area contributed by atoms with E-state index in [1.165, 1.54) is 37.7 Å². The number of esters is 1. The van der Waals surface area contributed by atoms with Gasteiger partial charge < -0.3 is 18.9 Å². The maximum Gasteiger partial charge on any atom is 0.364 e. The van der Waals surface area contributed by atoms with Gasteiger partial charge in [0.1, 0.15) is 17.6 Å². The van der Waals surface area contributed by atoms with E-state index < -0.39 is 5.97 Å². The van der Waals surface area contributed by atoms with Gasteiger partial charge in [-0.2, -0.15) is 0 Å². The fourth-order valence-electron chi connectivity index (χ4n) is 5.83. The largest absolute Gasteiger partial charge is 0.497 e. The summed E-state index contributed by atoms with van der Waals surface area (Å²) in [4.78, 5) is 12.6. The van der Waals surface area contributed by atoms with Crippen molar-refractivity contribution in [3.8, 4) is 17.4 Å². The molecule has 2 aliphatic carbocycles. The molecule has 8 heteroatoms. The van der Waals surface area contributed by atoms with Gasteiger partial charge in [-0.05, 0) is 92.7 Å². The van der Waals surface area contributed by atoms with Crippen molar-refractivity contribution in [2.75, 3.05) is 20.3 Å². The van der Waals surface area contributed by atoms with Crippen LogP contribution in [0.4, 0.5) is 0 Å². The lowest BCUT2D eigenvalue weighted by atomic mass is 9.83. The maximum absolute atomic E-state index is 12.6. The number of hydrogen-bond donors (Lipinski definition) is 0. The second-order valence-electron chi connectivity index (χ2n) is 10.9. The van der Waals surface area contributed by atoms with Crippen LogP contribution in [0.25, 0.3) is 0 Å². The van der Waals surface area contributed by atoms with Gasteiger partial charge in [-0.1, -0.05) is 48.7 Å². The van der Waals surface area contributed by atoms with Crippen molar-refractivity contribution >= 4 is 5.97 Å². The molecule has 40 heavy (non-hydrogen) atoms. The number of benzene rings is 2. The number of carbonyl (C=O) groups is 1.